The van der Waals surface area contributed by atoms with E-state index in [0.29, 0.717) is 17.1 Å². The molecule has 0 saturated carbocycles. The Bertz CT molecular complexity index is 1220. The van der Waals surface area contributed by atoms with Crippen LogP contribution in [0.4, 0.5) is 11.6 Å². The van der Waals surface area contributed by atoms with Gasteiger partial charge in [-0.15, -0.1) is 5.10 Å². The number of hydrogen-bond acceptors (Lipinski definition) is 5. The number of carboxylic acids is 2. The van der Waals surface area contributed by atoms with Gasteiger partial charge in [-0.2, -0.15) is 4.98 Å². The Morgan fingerprint density at radius 2 is 1.63 bits per heavy atom. The maximum atomic E-state index is 11.4. The lowest BCUT2D eigenvalue weighted by Crippen LogP contribution is -2.26. The van der Waals surface area contributed by atoms with E-state index in [1.54, 1.807) is 24.3 Å². The number of nitrogens with one attached hydrogen (secondary N) is 1. The molecule has 4 aromatic rings. The molecule has 1 heterocycles. The second kappa shape index (κ2) is 8.04. The van der Waals surface area contributed by atoms with Gasteiger partial charge in [0.05, 0.1) is 6.42 Å². The molecule has 4 rings (SSSR count). The third kappa shape index (κ3) is 4.12. The summed E-state index contributed by atoms with van der Waals surface area (Å²) in [6, 6.07) is 20.5. The van der Waals surface area contributed by atoms with Crippen LogP contribution in [0.5, 0.6) is 0 Å². The van der Waals surface area contributed by atoms with E-state index in [4.69, 9.17) is 5.11 Å². The summed E-state index contributed by atoms with van der Waals surface area (Å²) < 4.78 is 0. The van der Waals surface area contributed by atoms with E-state index in [0.717, 1.165) is 16.3 Å². The van der Waals surface area contributed by atoms with Crippen molar-refractivity contribution in [3.8, 4) is 11.4 Å². The van der Waals surface area contributed by atoms with Crippen LogP contribution in [0.25, 0.3) is 22.2 Å². The predicted molar refractivity (Wildman–Crippen MR) is 112 cm³/mol. The summed E-state index contributed by atoms with van der Waals surface area (Å²) in [5, 5.41) is 27.5. The van der Waals surface area contributed by atoms with Gasteiger partial charge in [0.25, 0.3) is 0 Å². The molecule has 0 unspecified atom stereocenters. The van der Waals surface area contributed by atoms with Gasteiger partial charge in [-0.1, -0.05) is 48.5 Å². The number of nitrogens with zero attached hydrogens (tertiary/aromatic N) is 3. The first-order valence-corrected chi connectivity index (χ1v) is 9.21. The molecule has 0 aliphatic rings. The first-order valence-electron chi connectivity index (χ1n) is 9.21. The second-order valence-electron chi connectivity index (χ2n) is 6.76. The topological polar surface area (TPSA) is 119 Å². The van der Waals surface area contributed by atoms with Gasteiger partial charge in [-0.05, 0) is 34.5 Å². The fourth-order valence-electron chi connectivity index (χ4n) is 3.22. The number of hydrogen-bond donors (Lipinski definition) is 3. The Kier molecular flexibility index (Phi) is 5.13. The fourth-order valence-corrected chi connectivity index (χ4v) is 3.22. The monoisotopic (exact) mass is 402 g/mol. The molecular formula is C22H18N4O4. The molecule has 0 aliphatic heterocycles. The molecule has 0 amide bonds. The van der Waals surface area contributed by atoms with Crippen molar-refractivity contribution < 1.29 is 19.8 Å². The molecule has 0 atom stereocenters. The Morgan fingerprint density at radius 1 is 0.900 bits per heavy atom. The molecule has 3 N–H and O–H groups in total. The molecular weight excluding hydrogens is 384 g/mol. The van der Waals surface area contributed by atoms with Crippen LogP contribution in [0.15, 0.2) is 66.7 Å². The van der Waals surface area contributed by atoms with E-state index in [2.05, 4.69) is 15.2 Å². The van der Waals surface area contributed by atoms with Crippen molar-refractivity contribution in [2.75, 3.05) is 11.4 Å². The van der Waals surface area contributed by atoms with Crippen molar-refractivity contribution in [2.24, 2.45) is 0 Å². The minimum absolute atomic E-state index is 0.105. The molecule has 150 valence electrons. The van der Waals surface area contributed by atoms with Gasteiger partial charge in [0.2, 0.25) is 5.95 Å². The van der Waals surface area contributed by atoms with E-state index in [1.807, 2.05) is 42.5 Å². The lowest BCUT2D eigenvalue weighted by Gasteiger charge is -2.19. The third-order valence-electron chi connectivity index (χ3n) is 4.63. The Labute approximate surface area is 171 Å². The highest BCUT2D eigenvalue weighted by atomic mass is 16.4. The van der Waals surface area contributed by atoms with Gasteiger partial charge in [-0.3, -0.25) is 19.6 Å². The maximum Gasteiger partial charge on any atom is 0.323 e. The number of aromatic nitrogens is 3. The standard InChI is InChI=1S/C22H18N4O4/c27-19(28)11-14-5-9-18(10-6-14)26(13-20(29)30)22-23-21(24-25-22)17-8-7-15-3-1-2-4-16(15)12-17/h1-10,12H,11,13H2,(H,27,28)(H,29,30)(H,23,24,25). The number of benzene rings is 3. The fraction of sp³-hybridized carbons (Fsp3) is 0.0909. The molecule has 0 radical (unpaired) electrons. The Hall–Kier alpha value is -4.20. The average molecular weight is 402 g/mol. The SMILES string of the molecule is O=C(O)Cc1ccc(N(CC(=O)O)c2n[nH]c(-c3ccc4ccccc4c3)n2)cc1. The highest BCUT2D eigenvalue weighted by molar-refractivity contribution is 5.86. The van der Waals surface area contributed by atoms with E-state index in [9.17, 15) is 14.7 Å². The van der Waals surface area contributed by atoms with Crippen LogP contribution in [0.2, 0.25) is 0 Å². The van der Waals surface area contributed by atoms with Gasteiger partial charge in [0.15, 0.2) is 5.82 Å². The van der Waals surface area contributed by atoms with Crippen molar-refractivity contribution in [2.45, 2.75) is 6.42 Å². The molecule has 8 nitrogen and oxygen atoms in total. The van der Waals surface area contributed by atoms with Crippen LogP contribution < -0.4 is 4.90 Å². The molecule has 1 aromatic heterocycles. The first kappa shape index (κ1) is 19.1. The molecule has 0 fully saturated rings. The van der Waals surface area contributed by atoms with Crippen molar-refractivity contribution in [3.63, 3.8) is 0 Å². The lowest BCUT2D eigenvalue weighted by atomic mass is 10.1. The number of rotatable bonds is 7. The zero-order valence-electron chi connectivity index (χ0n) is 15.8. The van der Waals surface area contributed by atoms with E-state index in [1.165, 1.54) is 4.90 Å². The summed E-state index contributed by atoms with van der Waals surface area (Å²) in [7, 11) is 0. The number of aromatic amines is 1. The highest BCUT2D eigenvalue weighted by Crippen LogP contribution is 2.26. The number of aliphatic carboxylic acids is 2. The van der Waals surface area contributed by atoms with Crippen LogP contribution in [-0.4, -0.2) is 43.9 Å². The van der Waals surface area contributed by atoms with Crippen molar-refractivity contribution in [1.82, 2.24) is 15.2 Å². The lowest BCUT2D eigenvalue weighted by molar-refractivity contribution is -0.136. The molecule has 0 saturated heterocycles. The summed E-state index contributed by atoms with van der Waals surface area (Å²) in [5.41, 5.74) is 2.00. The van der Waals surface area contributed by atoms with Crippen molar-refractivity contribution >= 4 is 34.3 Å². The minimum atomic E-state index is -1.04. The summed E-state index contributed by atoms with van der Waals surface area (Å²) in [5.74, 6) is -1.24. The summed E-state index contributed by atoms with van der Waals surface area (Å²) in [6.45, 7) is -0.340. The van der Waals surface area contributed by atoms with Crippen molar-refractivity contribution in [1.29, 1.82) is 0 Å². The normalized spacial score (nSPS) is 10.8. The Balaban J connectivity index is 1.66. The maximum absolute atomic E-state index is 11.4. The van der Waals surface area contributed by atoms with Crippen LogP contribution in [-0.2, 0) is 16.0 Å². The summed E-state index contributed by atoms with van der Waals surface area (Å²) >= 11 is 0. The summed E-state index contributed by atoms with van der Waals surface area (Å²) in [4.78, 5) is 28.2. The highest BCUT2D eigenvalue weighted by Gasteiger charge is 2.18. The van der Waals surface area contributed by atoms with E-state index in [-0.39, 0.29) is 18.9 Å². The minimum Gasteiger partial charge on any atom is -0.481 e. The quantitative estimate of drug-likeness (QED) is 0.433. The van der Waals surface area contributed by atoms with Gasteiger partial charge in [0, 0.05) is 11.3 Å². The third-order valence-corrected chi connectivity index (χ3v) is 4.63. The van der Waals surface area contributed by atoms with E-state index < -0.39 is 11.9 Å². The molecule has 0 aliphatic carbocycles. The van der Waals surface area contributed by atoms with Gasteiger partial charge < -0.3 is 10.2 Å². The molecule has 30 heavy (non-hydrogen) atoms. The van der Waals surface area contributed by atoms with Crippen LogP contribution in [0, 0.1) is 0 Å². The average Bonchev–Trinajstić information content (AvgIpc) is 3.22. The number of H-pyrrole nitrogens is 1. The van der Waals surface area contributed by atoms with Gasteiger partial charge >= 0.3 is 11.9 Å². The number of fused-ring (bicyclic) bond motifs is 1. The zero-order chi connectivity index (χ0) is 21.1. The van der Waals surface area contributed by atoms with Crippen molar-refractivity contribution in [3.05, 3.63) is 72.3 Å². The number of carbonyl (C=O) groups is 2. The smallest absolute Gasteiger partial charge is 0.323 e. The van der Waals surface area contributed by atoms with Gasteiger partial charge in [0.1, 0.15) is 6.54 Å². The number of carboxylic acid groups (broad SMARTS) is 2. The van der Waals surface area contributed by atoms with Crippen LogP contribution >= 0.6 is 0 Å². The first-order chi connectivity index (χ1) is 14.5. The molecule has 8 heteroatoms. The molecule has 0 spiro atoms. The van der Waals surface area contributed by atoms with Gasteiger partial charge in [-0.25, -0.2) is 0 Å². The summed E-state index contributed by atoms with van der Waals surface area (Å²) in [6.07, 6.45) is -0.105. The van der Waals surface area contributed by atoms with Crippen LogP contribution in [0.3, 0.4) is 0 Å². The van der Waals surface area contributed by atoms with E-state index >= 15 is 0 Å². The van der Waals surface area contributed by atoms with Crippen LogP contribution in [0.1, 0.15) is 5.56 Å². The second-order valence-corrected chi connectivity index (χ2v) is 6.76. The molecule has 3 aromatic carbocycles. The largest absolute Gasteiger partial charge is 0.481 e. The molecule has 0 bridgehead atoms. The zero-order valence-corrected chi connectivity index (χ0v) is 15.8. The number of anilines is 2. The Morgan fingerprint density at radius 3 is 2.33 bits per heavy atom. The predicted octanol–water partition coefficient (Wildman–Crippen LogP) is 3.47.